The maximum atomic E-state index is 10.9. The summed E-state index contributed by atoms with van der Waals surface area (Å²) in [6, 6.07) is 5.35. The Balaban J connectivity index is 2.33. The third-order valence-corrected chi connectivity index (χ3v) is 2.88. The normalized spacial score (nSPS) is 10.6. The van der Waals surface area contributed by atoms with E-state index < -0.39 is 5.97 Å². The van der Waals surface area contributed by atoms with Crippen molar-refractivity contribution in [2.75, 3.05) is 0 Å². The second kappa shape index (κ2) is 5.04. The van der Waals surface area contributed by atoms with Gasteiger partial charge in [-0.05, 0) is 30.5 Å². The van der Waals surface area contributed by atoms with Crippen LogP contribution in [0.4, 0.5) is 0 Å². The summed E-state index contributed by atoms with van der Waals surface area (Å²) < 4.78 is 1.90. The summed E-state index contributed by atoms with van der Waals surface area (Å²) >= 11 is 0. The van der Waals surface area contributed by atoms with Crippen molar-refractivity contribution in [2.45, 2.75) is 26.8 Å². The molecule has 0 unspecified atom stereocenters. The standard InChI is InChI=1S/C14H16N2O2/c1-3-6-16-9-12(8-15-16)11-4-5-13(14(17)18)10(2)7-11/h4-5,7-9H,3,6H2,1-2H3,(H,17,18). The average molecular weight is 244 g/mol. The Kier molecular flexibility index (Phi) is 3.46. The van der Waals surface area contributed by atoms with Crippen molar-refractivity contribution in [1.82, 2.24) is 9.78 Å². The lowest BCUT2D eigenvalue weighted by molar-refractivity contribution is 0.0696. The molecule has 0 fully saturated rings. The average Bonchev–Trinajstić information content (AvgIpc) is 2.77. The third kappa shape index (κ3) is 2.42. The summed E-state index contributed by atoms with van der Waals surface area (Å²) in [6.45, 7) is 4.81. The van der Waals surface area contributed by atoms with Crippen molar-refractivity contribution >= 4 is 5.97 Å². The van der Waals surface area contributed by atoms with E-state index in [4.69, 9.17) is 5.11 Å². The molecule has 0 bridgehead atoms. The number of hydrogen-bond donors (Lipinski definition) is 1. The molecular formula is C14H16N2O2. The molecule has 0 aliphatic carbocycles. The first-order valence-corrected chi connectivity index (χ1v) is 5.98. The summed E-state index contributed by atoms with van der Waals surface area (Å²) in [5.41, 5.74) is 3.13. The predicted molar refractivity (Wildman–Crippen MR) is 69.7 cm³/mol. The molecule has 0 spiro atoms. The quantitative estimate of drug-likeness (QED) is 0.899. The summed E-state index contributed by atoms with van der Waals surface area (Å²) in [5.74, 6) is -0.888. The molecule has 0 atom stereocenters. The van der Waals surface area contributed by atoms with Crippen LogP contribution in [-0.2, 0) is 6.54 Å². The van der Waals surface area contributed by atoms with E-state index in [-0.39, 0.29) is 0 Å². The summed E-state index contributed by atoms with van der Waals surface area (Å²) in [4.78, 5) is 10.9. The SMILES string of the molecule is CCCn1cc(-c2ccc(C(=O)O)c(C)c2)cn1. The van der Waals surface area contributed by atoms with Crippen LogP contribution in [0.3, 0.4) is 0 Å². The molecule has 0 radical (unpaired) electrons. The fourth-order valence-corrected chi connectivity index (χ4v) is 1.95. The lowest BCUT2D eigenvalue weighted by atomic mass is 10.0. The van der Waals surface area contributed by atoms with Crippen molar-refractivity contribution in [3.05, 3.63) is 41.7 Å². The number of carboxylic acid groups (broad SMARTS) is 1. The van der Waals surface area contributed by atoms with Gasteiger partial charge in [0.1, 0.15) is 0 Å². The highest BCUT2D eigenvalue weighted by Gasteiger charge is 2.09. The molecule has 2 rings (SSSR count). The number of hydrogen-bond acceptors (Lipinski definition) is 2. The van der Waals surface area contributed by atoms with E-state index in [1.807, 2.05) is 36.1 Å². The summed E-state index contributed by atoms with van der Waals surface area (Å²) in [5, 5.41) is 13.3. The molecule has 4 heteroatoms. The second-order valence-electron chi connectivity index (χ2n) is 4.33. The van der Waals surface area contributed by atoms with Gasteiger partial charge in [0.15, 0.2) is 0 Å². The molecule has 0 amide bonds. The van der Waals surface area contributed by atoms with Gasteiger partial charge >= 0.3 is 5.97 Å². The molecular weight excluding hydrogens is 228 g/mol. The number of carboxylic acids is 1. The van der Waals surface area contributed by atoms with Gasteiger partial charge in [-0.15, -0.1) is 0 Å². The van der Waals surface area contributed by atoms with Gasteiger partial charge in [-0.1, -0.05) is 19.1 Å². The van der Waals surface area contributed by atoms with E-state index in [1.54, 1.807) is 6.07 Å². The van der Waals surface area contributed by atoms with E-state index >= 15 is 0 Å². The van der Waals surface area contributed by atoms with Crippen LogP contribution in [0.25, 0.3) is 11.1 Å². The van der Waals surface area contributed by atoms with Gasteiger partial charge in [0, 0.05) is 18.3 Å². The predicted octanol–water partition coefficient (Wildman–Crippen LogP) is 2.97. The highest BCUT2D eigenvalue weighted by molar-refractivity contribution is 5.90. The molecule has 4 nitrogen and oxygen atoms in total. The molecule has 0 aliphatic heterocycles. The summed E-state index contributed by atoms with van der Waals surface area (Å²) in [6.07, 6.45) is 4.84. The zero-order valence-corrected chi connectivity index (χ0v) is 10.6. The Morgan fingerprint density at radius 3 is 2.78 bits per heavy atom. The van der Waals surface area contributed by atoms with E-state index in [2.05, 4.69) is 12.0 Å². The molecule has 0 saturated heterocycles. The monoisotopic (exact) mass is 244 g/mol. The van der Waals surface area contributed by atoms with Gasteiger partial charge in [-0.25, -0.2) is 4.79 Å². The lowest BCUT2D eigenvalue weighted by Crippen LogP contribution is -1.99. The lowest BCUT2D eigenvalue weighted by Gasteiger charge is -2.03. The fraction of sp³-hybridized carbons (Fsp3) is 0.286. The number of aromatic nitrogens is 2. The Bertz CT molecular complexity index is 573. The van der Waals surface area contributed by atoms with Gasteiger partial charge in [0.25, 0.3) is 0 Å². The van der Waals surface area contributed by atoms with E-state index in [9.17, 15) is 4.79 Å². The number of aryl methyl sites for hydroxylation is 2. The molecule has 18 heavy (non-hydrogen) atoms. The smallest absolute Gasteiger partial charge is 0.335 e. The minimum atomic E-state index is -0.888. The van der Waals surface area contributed by atoms with Gasteiger partial charge in [-0.3, -0.25) is 4.68 Å². The van der Waals surface area contributed by atoms with Crippen LogP contribution >= 0.6 is 0 Å². The number of rotatable bonds is 4. The fourth-order valence-electron chi connectivity index (χ4n) is 1.95. The molecule has 1 aromatic heterocycles. The molecule has 0 saturated carbocycles. The van der Waals surface area contributed by atoms with Crippen molar-refractivity contribution in [3.8, 4) is 11.1 Å². The minimum Gasteiger partial charge on any atom is -0.478 e. The molecule has 1 aromatic carbocycles. The molecule has 1 N–H and O–H groups in total. The largest absolute Gasteiger partial charge is 0.478 e. The highest BCUT2D eigenvalue weighted by Crippen LogP contribution is 2.22. The molecule has 0 aliphatic rings. The van der Waals surface area contributed by atoms with Crippen LogP contribution in [0.1, 0.15) is 29.3 Å². The van der Waals surface area contributed by atoms with Crippen LogP contribution in [0.5, 0.6) is 0 Å². The Hall–Kier alpha value is -2.10. The van der Waals surface area contributed by atoms with Crippen LogP contribution in [0.15, 0.2) is 30.6 Å². The van der Waals surface area contributed by atoms with Gasteiger partial charge < -0.3 is 5.11 Å². The summed E-state index contributed by atoms with van der Waals surface area (Å²) in [7, 11) is 0. The van der Waals surface area contributed by atoms with Crippen LogP contribution < -0.4 is 0 Å². The van der Waals surface area contributed by atoms with Crippen LogP contribution in [-0.4, -0.2) is 20.9 Å². The van der Waals surface area contributed by atoms with Crippen molar-refractivity contribution < 1.29 is 9.90 Å². The Labute approximate surface area is 106 Å². The molecule has 94 valence electrons. The van der Waals surface area contributed by atoms with Gasteiger partial charge in [0.2, 0.25) is 0 Å². The third-order valence-electron chi connectivity index (χ3n) is 2.88. The number of carbonyl (C=O) groups is 1. The van der Waals surface area contributed by atoms with E-state index in [0.717, 1.165) is 29.7 Å². The minimum absolute atomic E-state index is 0.347. The Morgan fingerprint density at radius 1 is 1.39 bits per heavy atom. The first kappa shape index (κ1) is 12.4. The van der Waals surface area contributed by atoms with Crippen LogP contribution in [0, 0.1) is 6.92 Å². The van der Waals surface area contributed by atoms with E-state index in [1.165, 1.54) is 0 Å². The highest BCUT2D eigenvalue weighted by atomic mass is 16.4. The van der Waals surface area contributed by atoms with Crippen molar-refractivity contribution in [2.24, 2.45) is 0 Å². The second-order valence-corrected chi connectivity index (χ2v) is 4.33. The number of aromatic carboxylic acids is 1. The van der Waals surface area contributed by atoms with Gasteiger partial charge in [0.05, 0.1) is 11.8 Å². The number of benzene rings is 1. The topological polar surface area (TPSA) is 55.1 Å². The van der Waals surface area contributed by atoms with Crippen LogP contribution in [0.2, 0.25) is 0 Å². The van der Waals surface area contributed by atoms with Gasteiger partial charge in [-0.2, -0.15) is 5.10 Å². The molecule has 1 heterocycles. The Morgan fingerprint density at radius 2 is 2.17 bits per heavy atom. The molecule has 2 aromatic rings. The zero-order chi connectivity index (χ0) is 13.1. The van der Waals surface area contributed by atoms with Crippen molar-refractivity contribution in [1.29, 1.82) is 0 Å². The maximum Gasteiger partial charge on any atom is 0.335 e. The first-order valence-electron chi connectivity index (χ1n) is 5.98. The first-order chi connectivity index (χ1) is 8.61. The van der Waals surface area contributed by atoms with E-state index in [0.29, 0.717) is 5.56 Å². The number of nitrogens with zero attached hydrogens (tertiary/aromatic N) is 2. The zero-order valence-electron chi connectivity index (χ0n) is 10.6. The van der Waals surface area contributed by atoms with Crippen molar-refractivity contribution in [3.63, 3.8) is 0 Å². The maximum absolute atomic E-state index is 10.9.